The van der Waals surface area contributed by atoms with Gasteiger partial charge in [-0.25, -0.2) is 4.98 Å². The highest BCUT2D eigenvalue weighted by molar-refractivity contribution is 9.10. The number of benzene rings is 1. The fraction of sp³-hybridized carbons (Fsp3) is 0.250. The van der Waals surface area contributed by atoms with Crippen LogP contribution in [0.4, 0.5) is 0 Å². The number of aromatic nitrogens is 2. The van der Waals surface area contributed by atoms with E-state index < -0.39 is 0 Å². The maximum Gasteiger partial charge on any atom is 0.0991 e. The van der Waals surface area contributed by atoms with Gasteiger partial charge in [0.1, 0.15) is 0 Å². The van der Waals surface area contributed by atoms with E-state index in [1.807, 2.05) is 17.1 Å². The predicted molar refractivity (Wildman–Crippen MR) is 63.2 cm³/mol. The summed E-state index contributed by atoms with van der Waals surface area (Å²) in [5, 5.41) is 0. The van der Waals surface area contributed by atoms with Crippen LogP contribution in [0, 0.1) is 0 Å². The van der Waals surface area contributed by atoms with E-state index in [-0.39, 0.29) is 0 Å². The third kappa shape index (κ3) is 1.84. The Morgan fingerprint density at radius 2 is 2.13 bits per heavy atom. The average Bonchev–Trinajstić information content (AvgIpc) is 2.93. The predicted octanol–water partition coefficient (Wildman–Crippen LogP) is 3.51. The minimum Gasteiger partial charge on any atom is -0.306 e. The molecule has 1 aliphatic rings. The molecule has 76 valence electrons. The Hall–Kier alpha value is -1.09. The van der Waals surface area contributed by atoms with Gasteiger partial charge in [-0.15, -0.1) is 0 Å². The highest BCUT2D eigenvalue weighted by Gasteiger charge is 2.24. The first-order valence-electron chi connectivity index (χ1n) is 5.12. The number of nitrogens with zero attached hydrogens (tertiary/aromatic N) is 2. The van der Waals surface area contributed by atoms with Crippen molar-refractivity contribution in [1.82, 2.24) is 9.55 Å². The molecule has 2 aromatic rings. The van der Waals surface area contributed by atoms with Crippen LogP contribution in [0.15, 0.2) is 41.4 Å². The zero-order valence-corrected chi connectivity index (χ0v) is 9.81. The molecule has 3 rings (SSSR count). The van der Waals surface area contributed by atoms with Gasteiger partial charge in [0.25, 0.3) is 0 Å². The lowest BCUT2D eigenvalue weighted by Crippen LogP contribution is -1.92. The summed E-state index contributed by atoms with van der Waals surface area (Å²) in [4.78, 5) is 4.07. The summed E-state index contributed by atoms with van der Waals surface area (Å²) in [6.45, 7) is 0. The van der Waals surface area contributed by atoms with Crippen LogP contribution in [-0.4, -0.2) is 9.55 Å². The summed E-state index contributed by atoms with van der Waals surface area (Å²) < 4.78 is 3.19. The van der Waals surface area contributed by atoms with E-state index in [4.69, 9.17) is 0 Å². The molecule has 2 nitrogen and oxygen atoms in total. The third-order valence-electron chi connectivity index (χ3n) is 2.76. The summed E-state index contributed by atoms with van der Waals surface area (Å²) in [7, 11) is 0. The molecule has 0 N–H and O–H groups in total. The van der Waals surface area contributed by atoms with Crippen LogP contribution in [0.2, 0.25) is 0 Å². The molecule has 0 amide bonds. The normalized spacial score (nSPS) is 15.5. The molecule has 0 radical (unpaired) electrons. The molecule has 3 heteroatoms. The highest BCUT2D eigenvalue weighted by atomic mass is 79.9. The van der Waals surface area contributed by atoms with Gasteiger partial charge < -0.3 is 4.57 Å². The molecule has 1 aromatic heterocycles. The zero-order valence-electron chi connectivity index (χ0n) is 8.23. The second-order valence-corrected chi connectivity index (χ2v) is 4.90. The standard InChI is InChI=1S/C12H11BrN2/c13-11-5-10(9-1-2-9)6-12(7-11)15-4-3-14-8-15/h3-9H,1-2H2. The zero-order chi connectivity index (χ0) is 10.3. The van der Waals surface area contributed by atoms with Crippen LogP contribution in [-0.2, 0) is 0 Å². The summed E-state index contributed by atoms with van der Waals surface area (Å²) in [6, 6.07) is 6.59. The maximum absolute atomic E-state index is 4.07. The molecule has 0 bridgehead atoms. The Labute approximate surface area is 97.1 Å². The van der Waals surface area contributed by atoms with Crippen molar-refractivity contribution in [2.45, 2.75) is 18.8 Å². The van der Waals surface area contributed by atoms with E-state index in [2.05, 4.69) is 39.1 Å². The quantitative estimate of drug-likeness (QED) is 0.810. The van der Waals surface area contributed by atoms with E-state index in [1.54, 1.807) is 6.20 Å². The second-order valence-electron chi connectivity index (χ2n) is 3.99. The maximum atomic E-state index is 4.07. The van der Waals surface area contributed by atoms with Crippen LogP contribution < -0.4 is 0 Å². The van der Waals surface area contributed by atoms with Crippen LogP contribution in [0.3, 0.4) is 0 Å². The molecular weight excluding hydrogens is 252 g/mol. The van der Waals surface area contributed by atoms with Crippen molar-refractivity contribution in [1.29, 1.82) is 0 Å². The molecule has 0 aliphatic heterocycles. The Morgan fingerprint density at radius 3 is 2.80 bits per heavy atom. The Kier molecular flexibility index (Phi) is 2.13. The topological polar surface area (TPSA) is 17.8 Å². The highest BCUT2D eigenvalue weighted by Crippen LogP contribution is 2.41. The molecule has 1 heterocycles. The first-order valence-corrected chi connectivity index (χ1v) is 5.91. The van der Waals surface area contributed by atoms with Crippen LogP contribution in [0.5, 0.6) is 0 Å². The lowest BCUT2D eigenvalue weighted by molar-refractivity contribution is 1.03. The smallest absolute Gasteiger partial charge is 0.0991 e. The van der Waals surface area contributed by atoms with Crippen molar-refractivity contribution in [3.63, 3.8) is 0 Å². The van der Waals surface area contributed by atoms with E-state index in [9.17, 15) is 0 Å². The van der Waals surface area contributed by atoms with Gasteiger partial charge in [0.2, 0.25) is 0 Å². The van der Waals surface area contributed by atoms with Gasteiger partial charge in [-0.05, 0) is 42.5 Å². The van der Waals surface area contributed by atoms with E-state index in [1.165, 1.54) is 24.1 Å². The molecule has 1 aromatic carbocycles. The van der Waals surface area contributed by atoms with Gasteiger partial charge in [0, 0.05) is 22.6 Å². The Balaban J connectivity index is 2.07. The number of halogens is 1. The van der Waals surface area contributed by atoms with Crippen LogP contribution >= 0.6 is 15.9 Å². The fourth-order valence-corrected chi connectivity index (χ4v) is 2.31. The molecule has 0 atom stereocenters. The molecule has 1 aliphatic carbocycles. The molecule has 0 unspecified atom stereocenters. The van der Waals surface area contributed by atoms with Gasteiger partial charge in [-0.3, -0.25) is 0 Å². The molecule has 1 fully saturated rings. The van der Waals surface area contributed by atoms with Crippen molar-refractivity contribution in [3.8, 4) is 5.69 Å². The molecular formula is C12H11BrN2. The summed E-state index contributed by atoms with van der Waals surface area (Å²) in [5.74, 6) is 0.782. The van der Waals surface area contributed by atoms with E-state index >= 15 is 0 Å². The molecule has 15 heavy (non-hydrogen) atoms. The molecule has 0 saturated heterocycles. The van der Waals surface area contributed by atoms with Gasteiger partial charge in [0.15, 0.2) is 0 Å². The van der Waals surface area contributed by atoms with Crippen molar-refractivity contribution >= 4 is 15.9 Å². The van der Waals surface area contributed by atoms with Gasteiger partial charge >= 0.3 is 0 Å². The minimum absolute atomic E-state index is 0.782. The molecule has 0 spiro atoms. The lowest BCUT2D eigenvalue weighted by Gasteiger charge is -2.06. The average molecular weight is 263 g/mol. The largest absolute Gasteiger partial charge is 0.306 e. The lowest BCUT2D eigenvalue weighted by atomic mass is 10.1. The Morgan fingerprint density at radius 1 is 1.27 bits per heavy atom. The van der Waals surface area contributed by atoms with E-state index in [0.717, 1.165) is 10.4 Å². The van der Waals surface area contributed by atoms with Crippen molar-refractivity contribution in [2.24, 2.45) is 0 Å². The van der Waals surface area contributed by atoms with Crippen LogP contribution in [0.25, 0.3) is 5.69 Å². The first-order chi connectivity index (χ1) is 7.33. The minimum atomic E-state index is 0.782. The van der Waals surface area contributed by atoms with Gasteiger partial charge in [-0.2, -0.15) is 0 Å². The SMILES string of the molecule is Brc1cc(C2CC2)cc(-n2ccnc2)c1. The second kappa shape index (κ2) is 3.49. The fourth-order valence-electron chi connectivity index (χ4n) is 1.81. The van der Waals surface area contributed by atoms with Gasteiger partial charge in [0.05, 0.1) is 6.33 Å². The van der Waals surface area contributed by atoms with Crippen molar-refractivity contribution in [2.75, 3.05) is 0 Å². The van der Waals surface area contributed by atoms with Crippen molar-refractivity contribution in [3.05, 3.63) is 47.0 Å². The van der Waals surface area contributed by atoms with Crippen molar-refractivity contribution < 1.29 is 0 Å². The number of hydrogen-bond acceptors (Lipinski definition) is 1. The third-order valence-corrected chi connectivity index (χ3v) is 3.21. The number of rotatable bonds is 2. The first kappa shape index (κ1) is 9.16. The summed E-state index contributed by atoms with van der Waals surface area (Å²) in [6.07, 6.45) is 8.27. The summed E-state index contributed by atoms with van der Waals surface area (Å²) >= 11 is 3.56. The summed E-state index contributed by atoms with van der Waals surface area (Å²) in [5.41, 5.74) is 2.62. The number of imidazole rings is 1. The monoisotopic (exact) mass is 262 g/mol. The van der Waals surface area contributed by atoms with E-state index in [0.29, 0.717) is 0 Å². The van der Waals surface area contributed by atoms with Gasteiger partial charge in [-0.1, -0.05) is 15.9 Å². The molecule has 1 saturated carbocycles. The number of hydrogen-bond donors (Lipinski definition) is 0. The van der Waals surface area contributed by atoms with Crippen LogP contribution in [0.1, 0.15) is 24.3 Å². The Bertz CT molecular complexity index is 472.